The summed E-state index contributed by atoms with van der Waals surface area (Å²) in [6.07, 6.45) is -0.746. The van der Waals surface area contributed by atoms with Crippen molar-refractivity contribution in [2.45, 2.75) is 20.0 Å². The van der Waals surface area contributed by atoms with Crippen molar-refractivity contribution in [2.75, 3.05) is 27.4 Å². The molecule has 1 aromatic heterocycles. The van der Waals surface area contributed by atoms with E-state index in [-0.39, 0.29) is 6.61 Å². The molecule has 0 saturated heterocycles. The lowest BCUT2D eigenvalue weighted by Crippen LogP contribution is -2.24. The molecule has 0 aliphatic carbocycles. The molecule has 25 heavy (non-hydrogen) atoms. The predicted octanol–water partition coefficient (Wildman–Crippen LogP) is 2.23. The van der Waals surface area contributed by atoms with Gasteiger partial charge in [0.2, 0.25) is 0 Å². The van der Waals surface area contributed by atoms with Crippen LogP contribution in [0.15, 0.2) is 18.2 Å². The summed E-state index contributed by atoms with van der Waals surface area (Å²) in [7, 11) is 4.73. The van der Waals surface area contributed by atoms with E-state index in [4.69, 9.17) is 14.2 Å². The van der Waals surface area contributed by atoms with Gasteiger partial charge in [0.25, 0.3) is 0 Å². The second kappa shape index (κ2) is 8.02. The van der Waals surface area contributed by atoms with Gasteiger partial charge >= 0.3 is 11.9 Å². The van der Waals surface area contributed by atoms with E-state index in [0.717, 1.165) is 11.2 Å². The molecule has 0 radical (unpaired) electrons. The number of carbonyl (C=O) groups is 2. The third kappa shape index (κ3) is 3.93. The summed E-state index contributed by atoms with van der Waals surface area (Å²) >= 11 is 0. The van der Waals surface area contributed by atoms with Crippen LogP contribution in [0.3, 0.4) is 0 Å². The number of aryl methyl sites for hydroxylation is 1. The SMILES string of the molecule is COCCOC(=O)c1c(C)n(C)c2ccc(O[C@@H](C)C(=O)OC)cc12. The number of benzene rings is 1. The molecule has 0 unspecified atom stereocenters. The number of aromatic nitrogens is 1. The fourth-order valence-corrected chi connectivity index (χ4v) is 2.59. The molecule has 0 aliphatic rings. The highest BCUT2D eigenvalue weighted by molar-refractivity contribution is 6.06. The first-order valence-electron chi connectivity index (χ1n) is 7.90. The molecule has 0 fully saturated rings. The van der Waals surface area contributed by atoms with Crippen LogP contribution in [0.2, 0.25) is 0 Å². The first kappa shape index (κ1) is 18.8. The van der Waals surface area contributed by atoms with Crippen molar-refractivity contribution in [2.24, 2.45) is 7.05 Å². The number of rotatable bonds is 7. The van der Waals surface area contributed by atoms with Gasteiger partial charge in [0.1, 0.15) is 12.4 Å². The van der Waals surface area contributed by atoms with Crippen LogP contribution >= 0.6 is 0 Å². The zero-order chi connectivity index (χ0) is 18.6. The zero-order valence-corrected chi connectivity index (χ0v) is 15.1. The van der Waals surface area contributed by atoms with Crippen LogP contribution in [-0.4, -0.2) is 50.0 Å². The summed E-state index contributed by atoms with van der Waals surface area (Å²) in [5.41, 5.74) is 2.13. The number of esters is 2. The number of hydrogen-bond acceptors (Lipinski definition) is 6. The highest BCUT2D eigenvalue weighted by Gasteiger charge is 2.21. The summed E-state index contributed by atoms with van der Waals surface area (Å²) in [6, 6.07) is 5.32. The Morgan fingerprint density at radius 2 is 1.92 bits per heavy atom. The molecule has 1 atom stereocenters. The molecule has 0 bridgehead atoms. The van der Waals surface area contributed by atoms with Gasteiger partial charge in [-0.05, 0) is 32.0 Å². The minimum Gasteiger partial charge on any atom is -0.479 e. The van der Waals surface area contributed by atoms with Crippen molar-refractivity contribution in [1.29, 1.82) is 0 Å². The quantitative estimate of drug-likeness (QED) is 0.564. The van der Waals surface area contributed by atoms with Crippen LogP contribution in [0.1, 0.15) is 23.0 Å². The highest BCUT2D eigenvalue weighted by Crippen LogP contribution is 2.29. The number of fused-ring (bicyclic) bond motifs is 1. The van der Waals surface area contributed by atoms with Gasteiger partial charge in [-0.25, -0.2) is 9.59 Å². The predicted molar refractivity (Wildman–Crippen MR) is 91.9 cm³/mol. The average Bonchev–Trinajstić information content (AvgIpc) is 2.84. The van der Waals surface area contributed by atoms with Crippen molar-refractivity contribution in [3.8, 4) is 5.75 Å². The summed E-state index contributed by atoms with van der Waals surface area (Å²) in [4.78, 5) is 24.0. The van der Waals surface area contributed by atoms with Crippen molar-refractivity contribution < 1.29 is 28.5 Å². The first-order valence-corrected chi connectivity index (χ1v) is 7.90. The normalized spacial score (nSPS) is 12.0. The Morgan fingerprint density at radius 3 is 2.56 bits per heavy atom. The molecule has 0 N–H and O–H groups in total. The lowest BCUT2D eigenvalue weighted by atomic mass is 10.1. The molecule has 0 aliphatic heterocycles. The number of carbonyl (C=O) groups excluding carboxylic acids is 2. The second-order valence-corrected chi connectivity index (χ2v) is 5.61. The van der Waals surface area contributed by atoms with Crippen molar-refractivity contribution >= 4 is 22.8 Å². The standard InChI is InChI=1S/C18H23NO6/c1-11-16(18(21)24-9-8-22-4)14-10-13(6-7-15(14)19(11)3)25-12(2)17(20)23-5/h6-7,10,12H,8-9H2,1-5H3/t12-/m0/s1. The van der Waals surface area contributed by atoms with Gasteiger partial charge in [0, 0.05) is 30.8 Å². The molecule has 1 aromatic carbocycles. The van der Waals surface area contributed by atoms with Gasteiger partial charge in [0.15, 0.2) is 6.10 Å². The van der Waals surface area contributed by atoms with Crippen LogP contribution in [-0.2, 0) is 26.1 Å². The molecule has 7 nitrogen and oxygen atoms in total. The molecule has 0 amide bonds. The van der Waals surface area contributed by atoms with E-state index >= 15 is 0 Å². The maximum absolute atomic E-state index is 12.4. The second-order valence-electron chi connectivity index (χ2n) is 5.61. The molecular formula is C18H23NO6. The minimum absolute atomic E-state index is 0.181. The van der Waals surface area contributed by atoms with E-state index in [2.05, 4.69) is 4.74 Å². The maximum Gasteiger partial charge on any atom is 0.346 e. The smallest absolute Gasteiger partial charge is 0.346 e. The third-order valence-corrected chi connectivity index (χ3v) is 4.03. The average molecular weight is 349 g/mol. The molecule has 136 valence electrons. The Kier molecular flexibility index (Phi) is 6.03. The largest absolute Gasteiger partial charge is 0.479 e. The summed E-state index contributed by atoms with van der Waals surface area (Å²) in [5, 5.41) is 0.706. The van der Waals surface area contributed by atoms with Gasteiger partial charge in [0.05, 0.1) is 19.3 Å². The molecule has 0 spiro atoms. The summed E-state index contributed by atoms with van der Waals surface area (Å²) in [5.74, 6) is -0.413. The van der Waals surface area contributed by atoms with E-state index in [1.165, 1.54) is 7.11 Å². The number of nitrogens with zero attached hydrogens (tertiary/aromatic N) is 1. The van der Waals surface area contributed by atoms with Crippen LogP contribution in [0.4, 0.5) is 0 Å². The van der Waals surface area contributed by atoms with Gasteiger partial charge in [-0.15, -0.1) is 0 Å². The Morgan fingerprint density at radius 1 is 1.20 bits per heavy atom. The Hall–Kier alpha value is -2.54. The number of hydrogen-bond donors (Lipinski definition) is 0. The maximum atomic E-state index is 12.4. The van der Waals surface area contributed by atoms with E-state index in [0.29, 0.717) is 23.3 Å². The third-order valence-electron chi connectivity index (χ3n) is 4.03. The Labute approximate surface area is 146 Å². The molecule has 1 heterocycles. The monoisotopic (exact) mass is 349 g/mol. The van der Waals surface area contributed by atoms with E-state index < -0.39 is 18.0 Å². The van der Waals surface area contributed by atoms with Crippen LogP contribution in [0, 0.1) is 6.92 Å². The lowest BCUT2D eigenvalue weighted by molar-refractivity contribution is -0.147. The summed E-state index contributed by atoms with van der Waals surface area (Å²) < 4.78 is 22.3. The highest BCUT2D eigenvalue weighted by atomic mass is 16.6. The van der Waals surface area contributed by atoms with Gasteiger partial charge in [-0.1, -0.05) is 0 Å². The Bertz CT molecular complexity index is 779. The van der Waals surface area contributed by atoms with E-state index in [1.54, 1.807) is 26.2 Å². The fourth-order valence-electron chi connectivity index (χ4n) is 2.59. The zero-order valence-electron chi connectivity index (χ0n) is 15.1. The lowest BCUT2D eigenvalue weighted by Gasteiger charge is -2.12. The van der Waals surface area contributed by atoms with Gasteiger partial charge in [-0.3, -0.25) is 0 Å². The van der Waals surface area contributed by atoms with E-state index in [9.17, 15) is 9.59 Å². The molecule has 7 heteroatoms. The first-order chi connectivity index (χ1) is 11.9. The minimum atomic E-state index is -0.746. The number of methoxy groups -OCH3 is 2. The molecule has 2 aromatic rings. The molecule has 2 rings (SSSR count). The van der Waals surface area contributed by atoms with E-state index in [1.807, 2.05) is 24.6 Å². The topological polar surface area (TPSA) is 76.0 Å². The van der Waals surface area contributed by atoms with Crippen LogP contribution in [0.5, 0.6) is 5.75 Å². The van der Waals surface area contributed by atoms with Gasteiger partial charge < -0.3 is 23.5 Å². The van der Waals surface area contributed by atoms with Gasteiger partial charge in [-0.2, -0.15) is 0 Å². The van der Waals surface area contributed by atoms with Crippen LogP contribution < -0.4 is 4.74 Å². The van der Waals surface area contributed by atoms with Crippen LogP contribution in [0.25, 0.3) is 10.9 Å². The Balaban J connectivity index is 2.37. The number of ether oxygens (including phenoxy) is 4. The van der Waals surface area contributed by atoms with Crippen molar-refractivity contribution in [3.63, 3.8) is 0 Å². The van der Waals surface area contributed by atoms with Crippen molar-refractivity contribution in [1.82, 2.24) is 4.57 Å². The fraction of sp³-hybridized carbons (Fsp3) is 0.444. The van der Waals surface area contributed by atoms with Crippen molar-refractivity contribution in [3.05, 3.63) is 29.5 Å². The molecular weight excluding hydrogens is 326 g/mol. The molecule has 0 saturated carbocycles. The summed E-state index contributed by atoms with van der Waals surface area (Å²) in [6.45, 7) is 3.97.